The van der Waals surface area contributed by atoms with Crippen LogP contribution >= 0.6 is 0 Å². The van der Waals surface area contributed by atoms with E-state index in [-0.39, 0.29) is 24.4 Å². The van der Waals surface area contributed by atoms with Crippen LogP contribution in [0.5, 0.6) is 5.75 Å². The fourth-order valence-corrected chi connectivity index (χ4v) is 2.70. The Morgan fingerprint density at radius 1 is 1.10 bits per heavy atom. The SMILES string of the molecule is CC(=O)Oc1ccc(C(CNC(C)(C)C)OC(=O)OC(C)(C)C)cc1COS(C)(=O)=O. The maximum absolute atomic E-state index is 12.3. The first-order valence-electron chi connectivity index (χ1n) is 9.75. The molecule has 0 amide bonds. The molecule has 0 heterocycles. The molecule has 0 aromatic heterocycles. The molecular weight excluding hydrogens is 426 g/mol. The van der Waals surface area contributed by atoms with Gasteiger partial charge in [-0.3, -0.25) is 8.98 Å². The molecule has 0 saturated heterocycles. The lowest BCUT2D eigenvalue weighted by Crippen LogP contribution is -2.39. The first-order chi connectivity index (χ1) is 14.0. The van der Waals surface area contributed by atoms with Gasteiger partial charge >= 0.3 is 12.1 Å². The third-order valence-electron chi connectivity index (χ3n) is 3.58. The zero-order valence-corrected chi connectivity index (χ0v) is 20.2. The van der Waals surface area contributed by atoms with Gasteiger partial charge in [-0.2, -0.15) is 8.42 Å². The van der Waals surface area contributed by atoms with Crippen molar-refractivity contribution in [1.82, 2.24) is 5.32 Å². The van der Waals surface area contributed by atoms with E-state index < -0.39 is 33.9 Å². The van der Waals surface area contributed by atoms with E-state index in [2.05, 4.69) is 5.32 Å². The summed E-state index contributed by atoms with van der Waals surface area (Å²) >= 11 is 0. The van der Waals surface area contributed by atoms with Gasteiger partial charge < -0.3 is 19.5 Å². The molecule has 31 heavy (non-hydrogen) atoms. The maximum Gasteiger partial charge on any atom is 0.509 e. The molecular formula is C21H33NO8S. The molecule has 1 aromatic carbocycles. The van der Waals surface area contributed by atoms with Crippen LogP contribution in [0.3, 0.4) is 0 Å². The Balaban J connectivity index is 3.26. The van der Waals surface area contributed by atoms with Crippen LogP contribution in [0.15, 0.2) is 18.2 Å². The summed E-state index contributed by atoms with van der Waals surface area (Å²) in [5.74, 6) is -0.413. The molecule has 10 heteroatoms. The second kappa shape index (κ2) is 10.4. The lowest BCUT2D eigenvalue weighted by molar-refractivity contribution is -0.131. The molecule has 1 atom stereocenters. The number of benzene rings is 1. The molecule has 0 spiro atoms. The summed E-state index contributed by atoms with van der Waals surface area (Å²) in [4.78, 5) is 23.7. The Bertz CT molecular complexity index is 882. The number of carbonyl (C=O) groups excluding carboxylic acids is 2. The lowest BCUT2D eigenvalue weighted by Gasteiger charge is -2.27. The quantitative estimate of drug-likeness (QED) is 0.354. The number of ether oxygens (including phenoxy) is 3. The van der Waals surface area contributed by atoms with Crippen molar-refractivity contribution in [2.75, 3.05) is 12.8 Å². The summed E-state index contributed by atoms with van der Waals surface area (Å²) in [6, 6.07) is 4.70. The third-order valence-corrected chi connectivity index (χ3v) is 4.13. The van der Waals surface area contributed by atoms with Crippen LogP contribution in [0.4, 0.5) is 4.79 Å². The Kier molecular flexibility index (Phi) is 9.04. The first kappa shape index (κ1) is 26.9. The van der Waals surface area contributed by atoms with E-state index >= 15 is 0 Å². The molecule has 176 valence electrons. The standard InChI is InChI=1S/C21H33NO8S/c1-14(23)28-17-10-9-15(11-16(17)13-27-31(8,25)26)18(12-22-20(2,3)4)29-19(24)30-21(5,6)7/h9-11,18,22H,12-13H2,1-8H3. The van der Waals surface area contributed by atoms with Crippen LogP contribution in [0, 0.1) is 0 Å². The highest BCUT2D eigenvalue weighted by atomic mass is 32.2. The zero-order valence-electron chi connectivity index (χ0n) is 19.4. The lowest BCUT2D eigenvalue weighted by atomic mass is 10.0. The van der Waals surface area contributed by atoms with Crippen molar-refractivity contribution in [3.63, 3.8) is 0 Å². The van der Waals surface area contributed by atoms with E-state index in [0.29, 0.717) is 11.1 Å². The summed E-state index contributed by atoms with van der Waals surface area (Å²) in [6.07, 6.45) is -0.673. The average molecular weight is 460 g/mol. The van der Waals surface area contributed by atoms with Gasteiger partial charge in [0.25, 0.3) is 10.1 Å². The predicted octanol–water partition coefficient (Wildman–Crippen LogP) is 3.47. The van der Waals surface area contributed by atoms with Crippen LogP contribution in [0.1, 0.15) is 65.7 Å². The topological polar surface area (TPSA) is 117 Å². The number of hydrogen-bond acceptors (Lipinski definition) is 9. The summed E-state index contributed by atoms with van der Waals surface area (Å²) in [5, 5.41) is 3.27. The van der Waals surface area contributed by atoms with Crippen LogP contribution in [-0.4, -0.2) is 44.5 Å². The Morgan fingerprint density at radius 2 is 1.71 bits per heavy atom. The molecule has 9 nitrogen and oxygen atoms in total. The van der Waals surface area contributed by atoms with Crippen LogP contribution in [-0.2, 0) is 35.2 Å². The number of rotatable bonds is 8. The van der Waals surface area contributed by atoms with Crippen molar-refractivity contribution >= 4 is 22.2 Å². The van der Waals surface area contributed by atoms with Gasteiger partial charge in [0.15, 0.2) is 0 Å². The smallest absolute Gasteiger partial charge is 0.429 e. The second-order valence-corrected chi connectivity index (χ2v) is 10.8. The number of hydrogen-bond donors (Lipinski definition) is 1. The number of carbonyl (C=O) groups is 2. The van der Waals surface area contributed by atoms with Gasteiger partial charge in [-0.1, -0.05) is 6.07 Å². The molecule has 1 rings (SSSR count). The van der Waals surface area contributed by atoms with E-state index in [0.717, 1.165) is 6.26 Å². The summed E-state index contributed by atoms with van der Waals surface area (Å²) < 4.78 is 43.7. The highest BCUT2D eigenvalue weighted by Crippen LogP contribution is 2.28. The van der Waals surface area contributed by atoms with Crippen molar-refractivity contribution in [3.8, 4) is 5.75 Å². The van der Waals surface area contributed by atoms with E-state index in [9.17, 15) is 18.0 Å². The molecule has 0 radical (unpaired) electrons. The Hall–Kier alpha value is -2.17. The van der Waals surface area contributed by atoms with Gasteiger partial charge in [-0.15, -0.1) is 0 Å². The fraction of sp³-hybridized carbons (Fsp3) is 0.619. The molecule has 1 N–H and O–H groups in total. The highest BCUT2D eigenvalue weighted by molar-refractivity contribution is 7.85. The van der Waals surface area contributed by atoms with Crippen molar-refractivity contribution in [3.05, 3.63) is 29.3 Å². The minimum atomic E-state index is -3.73. The molecule has 0 aliphatic carbocycles. The average Bonchev–Trinajstić information content (AvgIpc) is 2.54. The van der Waals surface area contributed by atoms with Crippen LogP contribution < -0.4 is 10.1 Å². The fourth-order valence-electron chi connectivity index (χ4n) is 2.35. The summed E-state index contributed by atoms with van der Waals surface area (Å²) in [5.41, 5.74) is -0.125. The molecule has 0 aliphatic rings. The maximum atomic E-state index is 12.3. The van der Waals surface area contributed by atoms with Crippen molar-refractivity contribution in [1.29, 1.82) is 0 Å². The van der Waals surface area contributed by atoms with Gasteiger partial charge in [0.1, 0.15) is 17.5 Å². The van der Waals surface area contributed by atoms with Gasteiger partial charge in [-0.25, -0.2) is 4.79 Å². The zero-order chi connectivity index (χ0) is 24.0. The molecule has 0 saturated carbocycles. The van der Waals surface area contributed by atoms with Gasteiger partial charge in [0.05, 0.1) is 12.9 Å². The molecule has 0 fully saturated rings. The van der Waals surface area contributed by atoms with Crippen molar-refractivity contribution in [2.45, 2.75) is 72.3 Å². The molecule has 1 aromatic rings. The number of nitrogens with one attached hydrogen (secondary N) is 1. The normalized spacial score (nSPS) is 13.4. The number of esters is 1. The molecule has 1 unspecified atom stereocenters. The van der Waals surface area contributed by atoms with Gasteiger partial charge in [0, 0.05) is 24.6 Å². The minimum Gasteiger partial charge on any atom is -0.429 e. The second-order valence-electron chi connectivity index (χ2n) is 9.13. The van der Waals surface area contributed by atoms with E-state index in [4.69, 9.17) is 18.4 Å². The summed E-state index contributed by atoms with van der Waals surface area (Å²) in [7, 11) is -3.73. The monoisotopic (exact) mass is 459 g/mol. The van der Waals surface area contributed by atoms with Crippen LogP contribution in [0.25, 0.3) is 0 Å². The third kappa shape index (κ3) is 11.7. The largest absolute Gasteiger partial charge is 0.509 e. The predicted molar refractivity (Wildman–Crippen MR) is 115 cm³/mol. The summed E-state index contributed by atoms with van der Waals surface area (Å²) in [6.45, 7) is 12.2. The first-order valence-corrected chi connectivity index (χ1v) is 11.6. The van der Waals surface area contributed by atoms with E-state index in [1.165, 1.54) is 13.0 Å². The molecule has 0 bridgehead atoms. The van der Waals surface area contributed by atoms with Crippen LogP contribution in [0.2, 0.25) is 0 Å². The Labute approximate surface area is 184 Å². The van der Waals surface area contributed by atoms with Gasteiger partial charge in [0.2, 0.25) is 0 Å². The highest BCUT2D eigenvalue weighted by Gasteiger charge is 2.25. The minimum absolute atomic E-state index is 0.152. The van der Waals surface area contributed by atoms with Gasteiger partial charge in [-0.05, 0) is 59.2 Å². The Morgan fingerprint density at radius 3 is 2.19 bits per heavy atom. The van der Waals surface area contributed by atoms with E-state index in [1.54, 1.807) is 32.9 Å². The van der Waals surface area contributed by atoms with E-state index in [1.807, 2.05) is 20.8 Å². The molecule has 0 aliphatic heterocycles. The van der Waals surface area contributed by atoms with Crippen molar-refractivity contribution < 1.29 is 36.4 Å². The van der Waals surface area contributed by atoms with Crippen molar-refractivity contribution in [2.24, 2.45) is 0 Å².